The van der Waals surface area contributed by atoms with Crippen molar-refractivity contribution >= 4 is 17.8 Å². The largest absolute Gasteiger partial charge is 0.466 e. The molecule has 1 N–H and O–H groups in total. The summed E-state index contributed by atoms with van der Waals surface area (Å²) in [5.41, 5.74) is 0. The minimum Gasteiger partial charge on any atom is -0.466 e. The number of esters is 1. The summed E-state index contributed by atoms with van der Waals surface area (Å²) in [6.07, 6.45) is 0.901. The summed E-state index contributed by atoms with van der Waals surface area (Å²) in [4.78, 5) is 35.7. The third-order valence-corrected chi connectivity index (χ3v) is 2.31. The lowest BCUT2D eigenvalue weighted by Gasteiger charge is -2.20. The average Bonchev–Trinajstić information content (AvgIpc) is 2.35. The predicted molar refractivity (Wildman–Crippen MR) is 66.8 cm³/mol. The van der Waals surface area contributed by atoms with Crippen molar-refractivity contribution in [3.63, 3.8) is 0 Å². The average molecular weight is 258 g/mol. The molecular formula is C12H22N2O4. The quantitative estimate of drug-likeness (QED) is 0.636. The van der Waals surface area contributed by atoms with Gasteiger partial charge in [0.05, 0.1) is 19.6 Å². The van der Waals surface area contributed by atoms with E-state index in [4.69, 9.17) is 4.74 Å². The molecule has 0 aromatic carbocycles. The van der Waals surface area contributed by atoms with Crippen molar-refractivity contribution in [3.8, 4) is 0 Å². The smallest absolute Gasteiger partial charge is 0.306 e. The fourth-order valence-electron chi connectivity index (χ4n) is 1.41. The van der Waals surface area contributed by atoms with Crippen LogP contribution in [0.2, 0.25) is 0 Å². The van der Waals surface area contributed by atoms with Crippen LogP contribution in [0, 0.1) is 0 Å². The maximum atomic E-state index is 11.8. The van der Waals surface area contributed by atoms with E-state index < -0.39 is 0 Å². The van der Waals surface area contributed by atoms with Crippen molar-refractivity contribution < 1.29 is 19.1 Å². The van der Waals surface area contributed by atoms with Crippen LogP contribution in [0.4, 0.5) is 0 Å². The van der Waals surface area contributed by atoms with Gasteiger partial charge in [-0.25, -0.2) is 0 Å². The van der Waals surface area contributed by atoms with Crippen LogP contribution in [-0.2, 0) is 19.1 Å². The van der Waals surface area contributed by atoms with Gasteiger partial charge >= 0.3 is 5.97 Å². The Labute approximate surface area is 108 Å². The Kier molecular flexibility index (Phi) is 8.61. The van der Waals surface area contributed by atoms with Gasteiger partial charge in [-0.2, -0.15) is 0 Å². The Morgan fingerprint density at radius 3 is 2.33 bits per heavy atom. The molecule has 0 aromatic heterocycles. The van der Waals surface area contributed by atoms with Gasteiger partial charge in [-0.15, -0.1) is 0 Å². The number of carbonyl (C=O) groups excluding carboxylic acids is 3. The van der Waals surface area contributed by atoms with E-state index in [1.807, 2.05) is 6.92 Å². The lowest BCUT2D eigenvalue weighted by Crippen LogP contribution is -2.40. The zero-order valence-corrected chi connectivity index (χ0v) is 11.3. The molecule has 6 heteroatoms. The number of nitrogens with one attached hydrogen (secondary N) is 1. The Bertz CT molecular complexity index is 292. The molecule has 0 fully saturated rings. The number of likely N-dealkylation sites (N-methyl/N-ethyl adjacent to an activating group) is 1. The van der Waals surface area contributed by atoms with Crippen molar-refractivity contribution in [2.45, 2.75) is 33.1 Å². The second-order valence-electron chi connectivity index (χ2n) is 3.79. The Hall–Kier alpha value is -1.59. The first-order valence-corrected chi connectivity index (χ1v) is 6.19. The lowest BCUT2D eigenvalue weighted by atomic mass is 10.2. The first kappa shape index (κ1) is 16.4. The van der Waals surface area contributed by atoms with E-state index in [2.05, 4.69) is 5.32 Å². The van der Waals surface area contributed by atoms with Crippen molar-refractivity contribution in [2.24, 2.45) is 0 Å². The van der Waals surface area contributed by atoms with Crippen LogP contribution in [0.1, 0.15) is 33.1 Å². The number of hydrogen-bond donors (Lipinski definition) is 1. The molecule has 104 valence electrons. The van der Waals surface area contributed by atoms with Crippen molar-refractivity contribution in [1.29, 1.82) is 0 Å². The van der Waals surface area contributed by atoms with Crippen LogP contribution in [0.15, 0.2) is 0 Å². The second kappa shape index (κ2) is 9.44. The van der Waals surface area contributed by atoms with Gasteiger partial charge in [0.2, 0.25) is 11.8 Å². The topological polar surface area (TPSA) is 75.7 Å². The van der Waals surface area contributed by atoms with Gasteiger partial charge in [0.15, 0.2) is 0 Å². The Morgan fingerprint density at radius 2 is 1.83 bits per heavy atom. The number of ether oxygens (including phenoxy) is 1. The summed E-state index contributed by atoms with van der Waals surface area (Å²) in [6, 6.07) is 0. The number of hydrogen-bond acceptors (Lipinski definition) is 4. The van der Waals surface area contributed by atoms with E-state index in [1.165, 1.54) is 11.9 Å². The monoisotopic (exact) mass is 258 g/mol. The predicted octanol–water partition coefficient (Wildman–Crippen LogP) is 0.314. The van der Waals surface area contributed by atoms with Gasteiger partial charge in [-0.05, 0) is 13.3 Å². The minimum atomic E-state index is -0.387. The van der Waals surface area contributed by atoms with Crippen molar-refractivity contribution in [2.75, 3.05) is 26.7 Å². The van der Waals surface area contributed by atoms with Crippen LogP contribution >= 0.6 is 0 Å². The van der Waals surface area contributed by atoms with E-state index in [0.717, 1.165) is 6.42 Å². The zero-order chi connectivity index (χ0) is 14.0. The van der Waals surface area contributed by atoms with E-state index >= 15 is 0 Å². The van der Waals surface area contributed by atoms with Crippen LogP contribution in [0.5, 0.6) is 0 Å². The summed E-state index contributed by atoms with van der Waals surface area (Å²) in [7, 11) is 1.52. The standard InChI is InChI=1S/C12H22N2O4/c1-4-8-14(9-10(15)13-3)11(16)6-7-12(17)18-5-2/h4-9H2,1-3H3,(H,13,15). The molecule has 18 heavy (non-hydrogen) atoms. The number of rotatable bonds is 8. The van der Waals surface area contributed by atoms with E-state index in [1.54, 1.807) is 6.92 Å². The summed E-state index contributed by atoms with van der Waals surface area (Å²) in [6.45, 7) is 4.50. The van der Waals surface area contributed by atoms with Crippen LogP contribution in [0.3, 0.4) is 0 Å². The lowest BCUT2D eigenvalue weighted by molar-refractivity contribution is -0.146. The second-order valence-corrected chi connectivity index (χ2v) is 3.79. The molecule has 0 unspecified atom stereocenters. The van der Waals surface area contributed by atoms with Crippen molar-refractivity contribution in [3.05, 3.63) is 0 Å². The SMILES string of the molecule is CCCN(CC(=O)NC)C(=O)CCC(=O)OCC. The normalized spacial score (nSPS) is 9.72. The highest BCUT2D eigenvalue weighted by molar-refractivity contribution is 5.86. The third kappa shape index (κ3) is 6.88. The zero-order valence-electron chi connectivity index (χ0n) is 11.3. The van der Waals surface area contributed by atoms with E-state index in [9.17, 15) is 14.4 Å². The first-order chi connectivity index (χ1) is 8.54. The molecule has 6 nitrogen and oxygen atoms in total. The van der Waals surface area contributed by atoms with Gasteiger partial charge < -0.3 is 15.0 Å². The summed E-state index contributed by atoms with van der Waals surface area (Å²) in [5.74, 6) is -0.802. The fraction of sp³-hybridized carbons (Fsp3) is 0.750. The molecule has 0 atom stereocenters. The fourth-order valence-corrected chi connectivity index (χ4v) is 1.41. The van der Waals surface area contributed by atoms with Crippen LogP contribution in [-0.4, -0.2) is 49.4 Å². The van der Waals surface area contributed by atoms with Crippen LogP contribution < -0.4 is 5.32 Å². The number of nitrogens with zero attached hydrogens (tertiary/aromatic N) is 1. The maximum absolute atomic E-state index is 11.8. The summed E-state index contributed by atoms with van der Waals surface area (Å²) in [5, 5.41) is 2.47. The van der Waals surface area contributed by atoms with Gasteiger partial charge in [-0.3, -0.25) is 14.4 Å². The molecular weight excluding hydrogens is 236 g/mol. The number of amides is 2. The molecule has 0 bridgehead atoms. The highest BCUT2D eigenvalue weighted by atomic mass is 16.5. The van der Waals surface area contributed by atoms with Gasteiger partial charge in [0.25, 0.3) is 0 Å². The molecule has 0 heterocycles. The maximum Gasteiger partial charge on any atom is 0.306 e. The molecule has 0 aliphatic rings. The highest BCUT2D eigenvalue weighted by Gasteiger charge is 2.17. The van der Waals surface area contributed by atoms with Crippen molar-refractivity contribution in [1.82, 2.24) is 10.2 Å². The molecule has 0 saturated heterocycles. The Balaban J connectivity index is 4.21. The van der Waals surface area contributed by atoms with E-state index in [0.29, 0.717) is 13.2 Å². The molecule has 0 aromatic rings. The van der Waals surface area contributed by atoms with Gasteiger partial charge in [0.1, 0.15) is 0 Å². The Morgan fingerprint density at radius 1 is 1.17 bits per heavy atom. The summed E-state index contributed by atoms with van der Waals surface area (Å²) < 4.78 is 4.75. The molecule has 2 amide bonds. The van der Waals surface area contributed by atoms with Gasteiger partial charge in [-0.1, -0.05) is 6.92 Å². The van der Waals surface area contributed by atoms with E-state index in [-0.39, 0.29) is 37.2 Å². The molecule has 0 aliphatic heterocycles. The summed E-state index contributed by atoms with van der Waals surface area (Å²) >= 11 is 0. The minimum absolute atomic E-state index is 0.0337. The van der Waals surface area contributed by atoms with Gasteiger partial charge in [0, 0.05) is 20.0 Å². The van der Waals surface area contributed by atoms with Crippen LogP contribution in [0.25, 0.3) is 0 Å². The molecule has 0 aliphatic carbocycles. The molecule has 0 saturated carbocycles. The number of carbonyl (C=O) groups is 3. The highest BCUT2D eigenvalue weighted by Crippen LogP contribution is 2.01. The molecule has 0 rings (SSSR count). The molecule has 0 spiro atoms. The first-order valence-electron chi connectivity index (χ1n) is 6.19. The molecule has 0 radical (unpaired) electrons. The third-order valence-electron chi connectivity index (χ3n) is 2.31.